The molecule has 6 heteroatoms. The molecule has 0 radical (unpaired) electrons. The van der Waals surface area contributed by atoms with Gasteiger partial charge >= 0.3 is 0 Å². The lowest BCUT2D eigenvalue weighted by Gasteiger charge is -2.36. The maximum absolute atomic E-state index is 13.6. The molecular weight excluding hydrogens is 431 g/mol. The van der Waals surface area contributed by atoms with Crippen LogP contribution < -0.4 is 15.3 Å². The Kier molecular flexibility index (Phi) is 5.28. The fraction of sp³-hybridized carbons (Fsp3) is 0.240. The van der Waals surface area contributed by atoms with Crippen molar-refractivity contribution >= 4 is 41.3 Å². The molecule has 0 saturated carbocycles. The zero-order valence-electron chi connectivity index (χ0n) is 17.1. The maximum Gasteiger partial charge on any atom is 0.254 e. The summed E-state index contributed by atoms with van der Waals surface area (Å²) < 4.78 is 5.33. The lowest BCUT2D eigenvalue weighted by atomic mass is 9.91. The molecule has 0 saturated heterocycles. The van der Waals surface area contributed by atoms with Gasteiger partial charge in [0.15, 0.2) is 0 Å². The number of halogens is 2. The van der Waals surface area contributed by atoms with Gasteiger partial charge < -0.3 is 14.6 Å². The van der Waals surface area contributed by atoms with E-state index in [4.69, 9.17) is 27.9 Å². The monoisotopic (exact) mass is 452 g/mol. The molecule has 1 amide bonds. The summed E-state index contributed by atoms with van der Waals surface area (Å²) in [5.41, 5.74) is 3.97. The van der Waals surface area contributed by atoms with Crippen LogP contribution in [0.2, 0.25) is 10.0 Å². The van der Waals surface area contributed by atoms with Gasteiger partial charge in [-0.25, -0.2) is 0 Å². The molecule has 1 unspecified atom stereocenters. The van der Waals surface area contributed by atoms with Gasteiger partial charge in [0, 0.05) is 23.2 Å². The summed E-state index contributed by atoms with van der Waals surface area (Å²) in [6.45, 7) is 0.626. The Labute approximate surface area is 190 Å². The molecule has 1 N–H and O–H groups in total. The second-order valence-corrected chi connectivity index (χ2v) is 8.70. The summed E-state index contributed by atoms with van der Waals surface area (Å²) in [7, 11) is 1.65. The smallest absolute Gasteiger partial charge is 0.254 e. The molecule has 5 rings (SSSR count). The number of hydrogen-bond acceptors (Lipinski definition) is 2. The summed E-state index contributed by atoms with van der Waals surface area (Å²) in [5.74, 6) is 0.722. The SMILES string of the molecule is COc1ccc(C2c3[nH]c4c(c3CCN2C(=O)c2ccc(Cl)c(Cl)c2)=CCCC=4)cc1. The van der Waals surface area contributed by atoms with Crippen molar-refractivity contribution in [2.24, 2.45) is 0 Å². The number of rotatable bonds is 3. The molecule has 2 aliphatic rings. The molecule has 1 atom stereocenters. The molecule has 4 nitrogen and oxygen atoms in total. The molecule has 31 heavy (non-hydrogen) atoms. The van der Waals surface area contributed by atoms with Crippen LogP contribution in [0.3, 0.4) is 0 Å². The summed E-state index contributed by atoms with van der Waals surface area (Å²) in [4.78, 5) is 19.1. The van der Waals surface area contributed by atoms with Crippen molar-refractivity contribution in [2.75, 3.05) is 13.7 Å². The quantitative estimate of drug-likeness (QED) is 0.636. The van der Waals surface area contributed by atoms with Gasteiger partial charge in [-0.2, -0.15) is 0 Å². The number of aromatic nitrogens is 1. The van der Waals surface area contributed by atoms with Crippen LogP contribution in [0.25, 0.3) is 12.2 Å². The zero-order chi connectivity index (χ0) is 21.5. The predicted octanol–water partition coefficient (Wildman–Crippen LogP) is 4.47. The van der Waals surface area contributed by atoms with E-state index in [1.165, 1.54) is 16.1 Å². The Morgan fingerprint density at radius 3 is 2.58 bits per heavy atom. The number of hydrogen-bond donors (Lipinski definition) is 1. The minimum absolute atomic E-state index is 0.0643. The second kappa shape index (κ2) is 8.10. The van der Waals surface area contributed by atoms with E-state index < -0.39 is 0 Å². The van der Waals surface area contributed by atoms with Crippen LogP contribution >= 0.6 is 23.2 Å². The molecule has 0 bridgehead atoms. The molecular formula is C25H22Cl2N2O2. The van der Waals surface area contributed by atoms with Crippen LogP contribution in [0.15, 0.2) is 42.5 Å². The fourth-order valence-electron chi connectivity index (χ4n) is 4.61. The van der Waals surface area contributed by atoms with Gasteiger partial charge in [0.25, 0.3) is 5.91 Å². The first kappa shape index (κ1) is 20.2. The van der Waals surface area contributed by atoms with Crippen molar-refractivity contribution in [3.05, 3.63) is 85.5 Å². The molecule has 2 heterocycles. The van der Waals surface area contributed by atoms with Crippen molar-refractivity contribution in [1.82, 2.24) is 9.88 Å². The summed E-state index contributed by atoms with van der Waals surface area (Å²) in [6.07, 6.45) is 7.46. The minimum Gasteiger partial charge on any atom is -0.497 e. The summed E-state index contributed by atoms with van der Waals surface area (Å²) in [5, 5.41) is 3.28. The molecule has 1 aliphatic heterocycles. The van der Waals surface area contributed by atoms with Crippen molar-refractivity contribution in [3.8, 4) is 5.75 Å². The average Bonchev–Trinajstić information content (AvgIpc) is 3.18. The number of aromatic amines is 1. The number of carbonyl (C=O) groups is 1. The molecule has 3 aromatic rings. The van der Waals surface area contributed by atoms with Gasteiger partial charge in [-0.15, -0.1) is 0 Å². The average molecular weight is 453 g/mol. The Balaban J connectivity index is 1.64. The highest BCUT2D eigenvalue weighted by Crippen LogP contribution is 2.35. The van der Waals surface area contributed by atoms with E-state index in [9.17, 15) is 4.79 Å². The van der Waals surface area contributed by atoms with Gasteiger partial charge in [-0.3, -0.25) is 4.79 Å². The van der Waals surface area contributed by atoms with Gasteiger partial charge in [-0.05, 0) is 65.9 Å². The largest absolute Gasteiger partial charge is 0.497 e. The number of ether oxygens (including phenoxy) is 1. The van der Waals surface area contributed by atoms with Gasteiger partial charge in [0.2, 0.25) is 0 Å². The summed E-state index contributed by atoms with van der Waals surface area (Å²) in [6, 6.07) is 12.8. The standard InChI is InChI=1S/C25H22Cl2N2O2/c1-31-17-9-6-15(7-10-17)24-23-19(18-4-2-3-5-22(18)28-23)12-13-29(24)25(30)16-8-11-20(26)21(27)14-16/h4-11,14,24,28H,2-3,12-13H2,1H3. The van der Waals surface area contributed by atoms with Crippen LogP contribution in [-0.4, -0.2) is 29.4 Å². The van der Waals surface area contributed by atoms with Crippen LogP contribution in [0, 0.1) is 0 Å². The number of nitrogens with zero attached hydrogens (tertiary/aromatic N) is 1. The number of amides is 1. The Morgan fingerprint density at radius 2 is 1.84 bits per heavy atom. The number of methoxy groups -OCH3 is 1. The molecule has 2 aromatic carbocycles. The lowest BCUT2D eigenvalue weighted by molar-refractivity contribution is 0.0691. The Bertz CT molecular complexity index is 1280. The first-order chi connectivity index (χ1) is 15.1. The molecule has 1 aliphatic carbocycles. The third-order valence-electron chi connectivity index (χ3n) is 6.12. The van der Waals surface area contributed by atoms with E-state index in [0.29, 0.717) is 22.2 Å². The molecule has 0 spiro atoms. The van der Waals surface area contributed by atoms with Gasteiger partial charge in [-0.1, -0.05) is 47.5 Å². The van der Waals surface area contributed by atoms with E-state index in [2.05, 4.69) is 17.1 Å². The van der Waals surface area contributed by atoms with E-state index in [-0.39, 0.29) is 11.9 Å². The molecule has 1 aromatic heterocycles. The first-order valence-corrected chi connectivity index (χ1v) is 11.1. The first-order valence-electron chi connectivity index (χ1n) is 10.4. The van der Waals surface area contributed by atoms with E-state index in [1.807, 2.05) is 29.2 Å². The summed E-state index contributed by atoms with van der Waals surface area (Å²) >= 11 is 12.3. The van der Waals surface area contributed by atoms with Crippen LogP contribution in [-0.2, 0) is 6.42 Å². The number of fused-ring (bicyclic) bond motifs is 3. The highest BCUT2D eigenvalue weighted by atomic mass is 35.5. The second-order valence-electron chi connectivity index (χ2n) is 7.88. The molecule has 158 valence electrons. The van der Waals surface area contributed by atoms with Crippen LogP contribution in [0.4, 0.5) is 0 Å². The van der Waals surface area contributed by atoms with Crippen molar-refractivity contribution in [1.29, 1.82) is 0 Å². The third-order valence-corrected chi connectivity index (χ3v) is 6.86. The number of nitrogens with one attached hydrogen (secondary N) is 1. The van der Waals surface area contributed by atoms with Crippen molar-refractivity contribution in [3.63, 3.8) is 0 Å². The number of carbonyl (C=O) groups excluding carboxylic acids is 1. The van der Waals surface area contributed by atoms with Crippen molar-refractivity contribution in [2.45, 2.75) is 25.3 Å². The van der Waals surface area contributed by atoms with E-state index in [0.717, 1.165) is 36.3 Å². The van der Waals surface area contributed by atoms with Crippen LogP contribution in [0.5, 0.6) is 5.75 Å². The van der Waals surface area contributed by atoms with E-state index >= 15 is 0 Å². The highest BCUT2D eigenvalue weighted by molar-refractivity contribution is 6.42. The van der Waals surface area contributed by atoms with Gasteiger partial charge in [0.1, 0.15) is 5.75 Å². The van der Waals surface area contributed by atoms with Crippen LogP contribution in [0.1, 0.15) is 46.1 Å². The predicted molar refractivity (Wildman–Crippen MR) is 124 cm³/mol. The fourth-order valence-corrected chi connectivity index (χ4v) is 4.91. The lowest BCUT2D eigenvalue weighted by Crippen LogP contribution is -2.41. The Hall–Kier alpha value is -2.69. The Morgan fingerprint density at radius 1 is 1.06 bits per heavy atom. The topological polar surface area (TPSA) is 45.3 Å². The minimum atomic E-state index is -0.219. The zero-order valence-corrected chi connectivity index (χ0v) is 18.6. The normalized spacial score (nSPS) is 17.3. The molecule has 0 fully saturated rings. The third kappa shape index (κ3) is 3.54. The maximum atomic E-state index is 13.6. The van der Waals surface area contributed by atoms with Crippen molar-refractivity contribution < 1.29 is 9.53 Å². The number of H-pyrrole nitrogens is 1. The number of benzene rings is 2. The highest BCUT2D eigenvalue weighted by Gasteiger charge is 2.34. The van der Waals surface area contributed by atoms with E-state index in [1.54, 1.807) is 25.3 Å². The van der Waals surface area contributed by atoms with Gasteiger partial charge in [0.05, 0.1) is 23.2 Å².